The van der Waals surface area contributed by atoms with Crippen molar-refractivity contribution in [1.82, 2.24) is 9.55 Å². The molecule has 1 aromatic carbocycles. The molecule has 3 aromatic rings. The fourth-order valence-electron chi connectivity index (χ4n) is 1.79. The number of benzene rings is 1. The highest BCUT2D eigenvalue weighted by molar-refractivity contribution is 7.20. The van der Waals surface area contributed by atoms with Gasteiger partial charge in [0.1, 0.15) is 0 Å². The number of carbonyl (C=O) groups excluding carboxylic acids is 1. The van der Waals surface area contributed by atoms with Crippen LogP contribution >= 0.6 is 11.3 Å². The molecule has 0 saturated carbocycles. The molecule has 2 heterocycles. The molecule has 0 unspecified atom stereocenters. The van der Waals surface area contributed by atoms with Crippen molar-refractivity contribution >= 4 is 27.8 Å². The smallest absolute Gasteiger partial charge is 0.195 e. The van der Waals surface area contributed by atoms with Crippen LogP contribution in [0.3, 0.4) is 0 Å². The van der Waals surface area contributed by atoms with E-state index >= 15 is 0 Å². The molecule has 0 atom stereocenters. The summed E-state index contributed by atoms with van der Waals surface area (Å²) in [4.78, 5) is 15.4. The molecule has 84 valence electrons. The Labute approximate surface area is 102 Å². The lowest BCUT2D eigenvalue weighted by atomic mass is 10.2. The van der Waals surface area contributed by atoms with Crippen LogP contribution in [0.15, 0.2) is 36.5 Å². The number of aromatic nitrogens is 2. The monoisotopic (exact) mass is 242 g/mol. The van der Waals surface area contributed by atoms with Crippen LogP contribution in [0, 0.1) is 6.92 Å². The second-order valence-electron chi connectivity index (χ2n) is 3.89. The topological polar surface area (TPSA) is 34.9 Å². The van der Waals surface area contributed by atoms with Crippen molar-refractivity contribution in [3.05, 3.63) is 47.8 Å². The predicted molar refractivity (Wildman–Crippen MR) is 69.1 cm³/mol. The number of aryl methyl sites for hydroxylation is 1. The zero-order valence-corrected chi connectivity index (χ0v) is 10.1. The standard InChI is InChI=1S/C13H10N2OS/c1-9-4-5-11-12(7-9)17-13(14-11)15-6-2-3-10(15)8-16/h2-8H,1H3. The van der Waals surface area contributed by atoms with Crippen molar-refractivity contribution in [2.75, 3.05) is 0 Å². The van der Waals surface area contributed by atoms with Crippen LogP contribution in [0.1, 0.15) is 16.1 Å². The molecule has 3 rings (SSSR count). The highest BCUT2D eigenvalue weighted by Gasteiger charge is 2.08. The summed E-state index contributed by atoms with van der Waals surface area (Å²) < 4.78 is 2.96. The van der Waals surface area contributed by atoms with E-state index in [2.05, 4.69) is 18.0 Å². The molecule has 0 aliphatic heterocycles. The van der Waals surface area contributed by atoms with Gasteiger partial charge in [-0.05, 0) is 36.8 Å². The van der Waals surface area contributed by atoms with Crippen LogP contribution in [-0.4, -0.2) is 15.8 Å². The molecule has 0 fully saturated rings. The zero-order valence-electron chi connectivity index (χ0n) is 9.25. The van der Waals surface area contributed by atoms with Gasteiger partial charge < -0.3 is 0 Å². The van der Waals surface area contributed by atoms with Gasteiger partial charge in [0.05, 0.1) is 15.9 Å². The van der Waals surface area contributed by atoms with Gasteiger partial charge in [-0.15, -0.1) is 0 Å². The van der Waals surface area contributed by atoms with Gasteiger partial charge in [-0.1, -0.05) is 17.4 Å². The van der Waals surface area contributed by atoms with Gasteiger partial charge in [-0.3, -0.25) is 9.36 Å². The molecule has 4 heteroatoms. The molecular formula is C13H10N2OS. The van der Waals surface area contributed by atoms with E-state index in [4.69, 9.17) is 0 Å². The van der Waals surface area contributed by atoms with Crippen LogP contribution in [0.5, 0.6) is 0 Å². The Morgan fingerprint density at radius 2 is 2.24 bits per heavy atom. The van der Waals surface area contributed by atoms with Crippen molar-refractivity contribution in [2.45, 2.75) is 6.92 Å². The van der Waals surface area contributed by atoms with Crippen LogP contribution in [0.4, 0.5) is 0 Å². The summed E-state index contributed by atoms with van der Waals surface area (Å²) in [5.74, 6) is 0. The first-order valence-electron chi connectivity index (χ1n) is 5.28. The van der Waals surface area contributed by atoms with E-state index in [0.29, 0.717) is 5.69 Å². The Morgan fingerprint density at radius 3 is 3.06 bits per heavy atom. The van der Waals surface area contributed by atoms with Crippen molar-refractivity contribution in [2.24, 2.45) is 0 Å². The summed E-state index contributed by atoms with van der Waals surface area (Å²) in [6.07, 6.45) is 2.70. The molecule has 0 spiro atoms. The number of fused-ring (bicyclic) bond motifs is 1. The normalized spacial score (nSPS) is 10.9. The maximum absolute atomic E-state index is 10.9. The van der Waals surface area contributed by atoms with Gasteiger partial charge in [0, 0.05) is 6.20 Å². The SMILES string of the molecule is Cc1ccc2nc(-n3cccc3C=O)sc2c1. The Bertz CT molecular complexity index is 696. The summed E-state index contributed by atoms with van der Waals surface area (Å²) in [6.45, 7) is 2.06. The zero-order chi connectivity index (χ0) is 11.8. The summed E-state index contributed by atoms with van der Waals surface area (Å²) in [5.41, 5.74) is 2.82. The minimum Gasteiger partial charge on any atom is -0.296 e. The van der Waals surface area contributed by atoms with Gasteiger partial charge in [0.2, 0.25) is 0 Å². The van der Waals surface area contributed by atoms with Crippen LogP contribution in [-0.2, 0) is 0 Å². The second kappa shape index (κ2) is 3.82. The van der Waals surface area contributed by atoms with E-state index in [1.165, 1.54) is 5.56 Å². The fourth-order valence-corrected chi connectivity index (χ4v) is 2.86. The van der Waals surface area contributed by atoms with Gasteiger partial charge in [-0.2, -0.15) is 0 Å². The van der Waals surface area contributed by atoms with Crippen LogP contribution in [0.25, 0.3) is 15.3 Å². The average molecular weight is 242 g/mol. The Kier molecular flexibility index (Phi) is 2.30. The third-order valence-corrected chi connectivity index (χ3v) is 3.66. The van der Waals surface area contributed by atoms with Gasteiger partial charge in [0.25, 0.3) is 0 Å². The molecule has 0 N–H and O–H groups in total. The van der Waals surface area contributed by atoms with E-state index < -0.39 is 0 Å². The quantitative estimate of drug-likeness (QED) is 0.647. The van der Waals surface area contributed by atoms with Crippen molar-refractivity contribution in [1.29, 1.82) is 0 Å². The van der Waals surface area contributed by atoms with Gasteiger partial charge >= 0.3 is 0 Å². The number of nitrogens with zero attached hydrogens (tertiary/aromatic N) is 2. The molecule has 0 saturated heterocycles. The number of rotatable bonds is 2. The molecule has 2 aromatic heterocycles. The Morgan fingerprint density at radius 1 is 1.35 bits per heavy atom. The minimum atomic E-state index is 0.626. The lowest BCUT2D eigenvalue weighted by molar-refractivity contribution is 0.111. The largest absolute Gasteiger partial charge is 0.296 e. The number of aldehydes is 1. The van der Waals surface area contributed by atoms with Crippen molar-refractivity contribution < 1.29 is 4.79 Å². The summed E-state index contributed by atoms with van der Waals surface area (Å²) in [6, 6.07) is 9.79. The number of carbonyl (C=O) groups is 1. The molecule has 17 heavy (non-hydrogen) atoms. The van der Waals surface area contributed by atoms with Crippen LogP contribution < -0.4 is 0 Å². The summed E-state index contributed by atoms with van der Waals surface area (Å²) in [5, 5.41) is 0.831. The van der Waals surface area contributed by atoms with Crippen molar-refractivity contribution in [3.8, 4) is 5.13 Å². The lowest BCUT2D eigenvalue weighted by Gasteiger charge is -1.97. The number of hydrogen-bond donors (Lipinski definition) is 0. The van der Waals surface area contributed by atoms with Gasteiger partial charge in [0.15, 0.2) is 11.4 Å². The third-order valence-electron chi connectivity index (χ3n) is 2.64. The molecule has 0 radical (unpaired) electrons. The van der Waals surface area contributed by atoms with E-state index in [1.807, 2.05) is 29.0 Å². The minimum absolute atomic E-state index is 0.626. The highest BCUT2D eigenvalue weighted by Crippen LogP contribution is 2.26. The first-order chi connectivity index (χ1) is 8.28. The van der Waals surface area contributed by atoms with Crippen LogP contribution in [0.2, 0.25) is 0 Å². The second-order valence-corrected chi connectivity index (χ2v) is 4.90. The molecule has 0 aliphatic carbocycles. The molecule has 0 aliphatic rings. The average Bonchev–Trinajstić information content (AvgIpc) is 2.93. The Hall–Kier alpha value is -1.94. The number of hydrogen-bond acceptors (Lipinski definition) is 3. The number of thiazole rings is 1. The van der Waals surface area contributed by atoms with Gasteiger partial charge in [-0.25, -0.2) is 4.98 Å². The maximum Gasteiger partial charge on any atom is 0.195 e. The van der Waals surface area contributed by atoms with Crippen molar-refractivity contribution in [3.63, 3.8) is 0 Å². The maximum atomic E-state index is 10.9. The van der Waals surface area contributed by atoms with E-state index in [1.54, 1.807) is 17.4 Å². The molecule has 0 amide bonds. The highest BCUT2D eigenvalue weighted by atomic mass is 32.1. The fraction of sp³-hybridized carbons (Fsp3) is 0.0769. The lowest BCUT2D eigenvalue weighted by Crippen LogP contribution is -1.95. The summed E-state index contributed by atoms with van der Waals surface area (Å²) in [7, 11) is 0. The molecule has 3 nitrogen and oxygen atoms in total. The first-order valence-corrected chi connectivity index (χ1v) is 6.10. The van der Waals surface area contributed by atoms with E-state index in [-0.39, 0.29) is 0 Å². The molecular weight excluding hydrogens is 232 g/mol. The third kappa shape index (κ3) is 1.66. The van der Waals surface area contributed by atoms with E-state index in [9.17, 15) is 4.79 Å². The Balaban J connectivity index is 2.21. The predicted octanol–water partition coefficient (Wildman–Crippen LogP) is 3.21. The molecule has 0 bridgehead atoms. The summed E-state index contributed by atoms with van der Waals surface area (Å²) >= 11 is 1.59. The first kappa shape index (κ1) is 10.2. The van der Waals surface area contributed by atoms with E-state index in [0.717, 1.165) is 21.6 Å².